The van der Waals surface area contributed by atoms with Gasteiger partial charge in [0.1, 0.15) is 23.0 Å². The van der Waals surface area contributed by atoms with Crippen LogP contribution in [0.1, 0.15) is 28.7 Å². The van der Waals surface area contributed by atoms with Gasteiger partial charge in [-0.25, -0.2) is 0 Å². The highest BCUT2D eigenvalue weighted by atomic mass is 16.5. The summed E-state index contributed by atoms with van der Waals surface area (Å²) < 4.78 is 21.4. The first-order valence-electron chi connectivity index (χ1n) is 14.0. The van der Waals surface area contributed by atoms with Crippen molar-refractivity contribution in [1.82, 2.24) is 9.80 Å². The summed E-state index contributed by atoms with van der Waals surface area (Å²) in [5.74, 6) is 3.51. The van der Waals surface area contributed by atoms with Gasteiger partial charge in [0.2, 0.25) is 0 Å². The van der Waals surface area contributed by atoms with Crippen molar-refractivity contribution < 1.29 is 18.9 Å². The second-order valence-electron chi connectivity index (χ2n) is 10.2. The molecule has 4 aromatic carbocycles. The molecule has 0 saturated heterocycles. The third kappa shape index (κ3) is 9.55. The molecule has 4 aromatic rings. The SMILES string of the molecule is COc1ccc(CN(CCCN(Cc2ccc(OC)cc2)Cc2ccc(OC)cc2)Cc2ccc(OC)cc2)cc1. The highest BCUT2D eigenvalue weighted by Gasteiger charge is 2.12. The lowest BCUT2D eigenvalue weighted by molar-refractivity contribution is 0.207. The van der Waals surface area contributed by atoms with E-state index >= 15 is 0 Å². The number of rotatable bonds is 16. The molecule has 0 atom stereocenters. The Morgan fingerprint density at radius 1 is 0.366 bits per heavy atom. The van der Waals surface area contributed by atoms with Gasteiger partial charge in [-0.05, 0) is 77.2 Å². The molecule has 0 aliphatic heterocycles. The Morgan fingerprint density at radius 3 is 0.780 bits per heavy atom. The van der Waals surface area contributed by atoms with Crippen molar-refractivity contribution in [1.29, 1.82) is 0 Å². The molecule has 6 heteroatoms. The van der Waals surface area contributed by atoms with E-state index in [1.807, 2.05) is 48.5 Å². The fourth-order valence-electron chi connectivity index (χ4n) is 4.90. The van der Waals surface area contributed by atoms with Crippen molar-refractivity contribution in [3.8, 4) is 23.0 Å². The molecule has 4 rings (SSSR count). The zero-order valence-corrected chi connectivity index (χ0v) is 24.7. The summed E-state index contributed by atoms with van der Waals surface area (Å²) in [7, 11) is 6.81. The second kappa shape index (κ2) is 15.7. The lowest BCUT2D eigenvalue weighted by Crippen LogP contribution is -2.29. The van der Waals surface area contributed by atoms with Crippen LogP contribution in [-0.2, 0) is 26.2 Å². The van der Waals surface area contributed by atoms with Gasteiger partial charge >= 0.3 is 0 Å². The van der Waals surface area contributed by atoms with Gasteiger partial charge in [-0.15, -0.1) is 0 Å². The fourth-order valence-corrected chi connectivity index (χ4v) is 4.90. The van der Waals surface area contributed by atoms with Gasteiger partial charge in [-0.3, -0.25) is 9.80 Å². The largest absolute Gasteiger partial charge is 0.497 e. The van der Waals surface area contributed by atoms with Crippen molar-refractivity contribution in [2.45, 2.75) is 32.6 Å². The summed E-state index contributed by atoms with van der Waals surface area (Å²) in [6, 6.07) is 33.5. The standard InChI is InChI=1S/C35H42N2O4/c1-38-32-14-6-28(7-15-32)24-36(25-29-8-16-33(39-2)17-9-29)22-5-23-37(26-30-10-18-34(40-3)19-11-30)27-31-12-20-35(41-4)21-13-31/h6-21H,5,22-27H2,1-4H3. The summed E-state index contributed by atoms with van der Waals surface area (Å²) in [5, 5.41) is 0. The van der Waals surface area contributed by atoms with Crippen molar-refractivity contribution in [2.75, 3.05) is 41.5 Å². The Hall–Kier alpha value is -4.00. The van der Waals surface area contributed by atoms with E-state index in [0.717, 1.165) is 68.7 Å². The molecule has 0 N–H and O–H groups in total. The van der Waals surface area contributed by atoms with Crippen molar-refractivity contribution in [3.63, 3.8) is 0 Å². The van der Waals surface area contributed by atoms with Crippen molar-refractivity contribution in [2.24, 2.45) is 0 Å². The van der Waals surface area contributed by atoms with Crippen LogP contribution in [0.4, 0.5) is 0 Å². The van der Waals surface area contributed by atoms with Crippen LogP contribution in [0.3, 0.4) is 0 Å². The van der Waals surface area contributed by atoms with E-state index in [1.165, 1.54) is 22.3 Å². The van der Waals surface area contributed by atoms with Gasteiger partial charge in [0.15, 0.2) is 0 Å². The molecule has 0 saturated carbocycles. The zero-order valence-electron chi connectivity index (χ0n) is 24.7. The van der Waals surface area contributed by atoms with Gasteiger partial charge < -0.3 is 18.9 Å². The Labute approximate surface area is 245 Å². The van der Waals surface area contributed by atoms with E-state index < -0.39 is 0 Å². The third-order valence-corrected chi connectivity index (χ3v) is 7.21. The number of hydrogen-bond donors (Lipinski definition) is 0. The molecule has 0 heterocycles. The summed E-state index contributed by atoms with van der Waals surface area (Å²) in [6.45, 7) is 5.42. The van der Waals surface area contributed by atoms with Gasteiger partial charge in [-0.2, -0.15) is 0 Å². The molecule has 0 bridgehead atoms. The number of methoxy groups -OCH3 is 4. The molecule has 0 radical (unpaired) electrons. The molecule has 0 spiro atoms. The highest BCUT2D eigenvalue weighted by molar-refractivity contribution is 5.30. The number of benzene rings is 4. The van der Waals surface area contributed by atoms with E-state index in [0.29, 0.717) is 0 Å². The molecule has 0 fully saturated rings. The molecule has 6 nitrogen and oxygen atoms in total. The second-order valence-corrected chi connectivity index (χ2v) is 10.2. The summed E-state index contributed by atoms with van der Waals surface area (Å²) in [5.41, 5.74) is 5.08. The average Bonchev–Trinajstić information content (AvgIpc) is 3.02. The molecule has 41 heavy (non-hydrogen) atoms. The van der Waals surface area contributed by atoms with Gasteiger partial charge in [0.05, 0.1) is 28.4 Å². The normalized spacial score (nSPS) is 11.1. The van der Waals surface area contributed by atoms with Crippen LogP contribution in [0.25, 0.3) is 0 Å². The molecule has 0 unspecified atom stereocenters. The highest BCUT2D eigenvalue weighted by Crippen LogP contribution is 2.20. The molecule has 0 aliphatic rings. The monoisotopic (exact) mass is 554 g/mol. The molecule has 0 aromatic heterocycles. The van der Waals surface area contributed by atoms with Crippen LogP contribution in [-0.4, -0.2) is 51.3 Å². The Kier molecular flexibility index (Phi) is 11.5. The minimum absolute atomic E-state index is 0.868. The summed E-state index contributed by atoms with van der Waals surface area (Å²) >= 11 is 0. The van der Waals surface area contributed by atoms with Crippen LogP contribution >= 0.6 is 0 Å². The quantitative estimate of drug-likeness (QED) is 0.152. The molecule has 0 aliphatic carbocycles. The van der Waals surface area contributed by atoms with Crippen LogP contribution in [0.2, 0.25) is 0 Å². The van der Waals surface area contributed by atoms with Gasteiger partial charge in [0.25, 0.3) is 0 Å². The minimum Gasteiger partial charge on any atom is -0.497 e. The Morgan fingerprint density at radius 2 is 0.585 bits per heavy atom. The first-order chi connectivity index (χ1) is 20.1. The predicted molar refractivity (Wildman–Crippen MR) is 165 cm³/mol. The van der Waals surface area contributed by atoms with Crippen LogP contribution in [0.5, 0.6) is 23.0 Å². The lowest BCUT2D eigenvalue weighted by atomic mass is 10.1. The first-order valence-corrected chi connectivity index (χ1v) is 14.0. The maximum atomic E-state index is 5.36. The van der Waals surface area contributed by atoms with Gasteiger partial charge in [0, 0.05) is 39.3 Å². The number of hydrogen-bond acceptors (Lipinski definition) is 6. The average molecular weight is 555 g/mol. The van der Waals surface area contributed by atoms with E-state index in [2.05, 4.69) is 58.3 Å². The lowest BCUT2D eigenvalue weighted by Gasteiger charge is -2.26. The smallest absolute Gasteiger partial charge is 0.118 e. The minimum atomic E-state index is 0.868. The predicted octanol–water partition coefficient (Wildman–Crippen LogP) is 6.82. The summed E-state index contributed by atoms with van der Waals surface area (Å²) in [4.78, 5) is 5.03. The topological polar surface area (TPSA) is 43.4 Å². The number of nitrogens with zero attached hydrogens (tertiary/aromatic N) is 2. The zero-order chi connectivity index (χ0) is 28.9. The van der Waals surface area contributed by atoms with Crippen LogP contribution < -0.4 is 18.9 Å². The van der Waals surface area contributed by atoms with Crippen LogP contribution in [0, 0.1) is 0 Å². The van der Waals surface area contributed by atoms with Gasteiger partial charge in [-0.1, -0.05) is 48.5 Å². The maximum Gasteiger partial charge on any atom is 0.118 e. The van der Waals surface area contributed by atoms with Crippen LogP contribution in [0.15, 0.2) is 97.1 Å². The summed E-state index contributed by atoms with van der Waals surface area (Å²) in [6.07, 6.45) is 1.04. The van der Waals surface area contributed by atoms with Crippen molar-refractivity contribution in [3.05, 3.63) is 119 Å². The maximum absolute atomic E-state index is 5.36. The van der Waals surface area contributed by atoms with E-state index in [1.54, 1.807) is 28.4 Å². The molecular formula is C35H42N2O4. The Bertz CT molecular complexity index is 1090. The van der Waals surface area contributed by atoms with E-state index in [9.17, 15) is 0 Å². The van der Waals surface area contributed by atoms with E-state index in [-0.39, 0.29) is 0 Å². The fraction of sp³-hybridized carbons (Fsp3) is 0.314. The first kappa shape index (κ1) is 30.0. The molecule has 216 valence electrons. The van der Waals surface area contributed by atoms with Crippen molar-refractivity contribution >= 4 is 0 Å². The van der Waals surface area contributed by atoms with E-state index in [4.69, 9.17) is 18.9 Å². The molecule has 0 amide bonds. The molecular weight excluding hydrogens is 512 g/mol. The third-order valence-electron chi connectivity index (χ3n) is 7.21. The number of ether oxygens (including phenoxy) is 4. The Balaban J connectivity index is 1.45.